The van der Waals surface area contributed by atoms with Gasteiger partial charge in [-0.1, -0.05) is 12.1 Å². The maximum Gasteiger partial charge on any atom is 0.416 e. The summed E-state index contributed by atoms with van der Waals surface area (Å²) >= 11 is 0. The lowest BCUT2D eigenvalue weighted by molar-refractivity contribution is -0.137. The molecule has 0 spiro atoms. The van der Waals surface area contributed by atoms with E-state index in [1.165, 1.54) is 12.1 Å². The summed E-state index contributed by atoms with van der Waals surface area (Å²) in [5.74, 6) is 0. The van der Waals surface area contributed by atoms with Crippen LogP contribution >= 0.6 is 0 Å². The van der Waals surface area contributed by atoms with Crippen molar-refractivity contribution in [2.75, 3.05) is 19.6 Å². The zero-order valence-corrected chi connectivity index (χ0v) is 12.2. The summed E-state index contributed by atoms with van der Waals surface area (Å²) in [4.78, 5) is 1.86. The van der Waals surface area contributed by atoms with Crippen molar-refractivity contribution in [3.8, 4) is 0 Å². The van der Waals surface area contributed by atoms with Crippen molar-refractivity contribution in [1.82, 2.24) is 4.90 Å². The van der Waals surface area contributed by atoms with Crippen LogP contribution in [0.15, 0.2) is 24.3 Å². The molecule has 118 valence electrons. The van der Waals surface area contributed by atoms with Gasteiger partial charge in [0, 0.05) is 25.2 Å². The number of nitrogens with zero attached hydrogens (tertiary/aromatic N) is 1. The Morgan fingerprint density at radius 3 is 2.52 bits per heavy atom. The molecular weight excluding hydrogens is 284 g/mol. The summed E-state index contributed by atoms with van der Waals surface area (Å²) in [5, 5.41) is 0. The highest BCUT2D eigenvalue weighted by Gasteiger charge is 2.42. The van der Waals surface area contributed by atoms with E-state index < -0.39 is 22.9 Å². The molecule has 21 heavy (non-hydrogen) atoms. The lowest BCUT2D eigenvalue weighted by atomic mass is 9.93. The highest BCUT2D eigenvalue weighted by molar-refractivity contribution is 5.31. The van der Waals surface area contributed by atoms with Crippen molar-refractivity contribution in [3.63, 3.8) is 0 Å². The van der Waals surface area contributed by atoms with E-state index in [0.717, 1.165) is 12.1 Å². The fourth-order valence-corrected chi connectivity index (χ4v) is 2.77. The smallest absolute Gasteiger partial charge is 0.324 e. The number of halogens is 4. The summed E-state index contributed by atoms with van der Waals surface area (Å²) in [5.41, 5.74) is 2.99. The van der Waals surface area contributed by atoms with Crippen LogP contribution in [0.2, 0.25) is 0 Å². The summed E-state index contributed by atoms with van der Waals surface area (Å²) in [6.45, 7) is 4.77. The maximum absolute atomic E-state index is 15.0. The monoisotopic (exact) mass is 304 g/mol. The van der Waals surface area contributed by atoms with Gasteiger partial charge in [0.1, 0.15) is 5.67 Å². The van der Waals surface area contributed by atoms with E-state index in [0.29, 0.717) is 13.1 Å². The minimum absolute atomic E-state index is 0.0783. The average molecular weight is 304 g/mol. The zero-order valence-electron chi connectivity index (χ0n) is 12.2. The Balaban J connectivity index is 2.19. The molecule has 1 unspecified atom stereocenters. The van der Waals surface area contributed by atoms with Gasteiger partial charge in [-0.3, -0.25) is 4.90 Å². The summed E-state index contributed by atoms with van der Waals surface area (Å²) in [6.07, 6.45) is -4.27. The molecule has 2 nitrogen and oxygen atoms in total. The third kappa shape index (κ3) is 3.95. The highest BCUT2D eigenvalue weighted by atomic mass is 19.4. The number of benzene rings is 1. The van der Waals surface area contributed by atoms with Crippen molar-refractivity contribution >= 4 is 0 Å². The lowest BCUT2D eigenvalue weighted by Crippen LogP contribution is -2.45. The van der Waals surface area contributed by atoms with Gasteiger partial charge in [0.25, 0.3) is 0 Å². The van der Waals surface area contributed by atoms with Gasteiger partial charge in [0.05, 0.1) is 5.56 Å². The van der Waals surface area contributed by atoms with Crippen LogP contribution < -0.4 is 5.73 Å². The van der Waals surface area contributed by atoms with Crippen molar-refractivity contribution in [3.05, 3.63) is 35.4 Å². The molecule has 6 heteroatoms. The average Bonchev–Trinajstić information content (AvgIpc) is 2.69. The van der Waals surface area contributed by atoms with E-state index >= 15 is 0 Å². The molecule has 1 aliphatic rings. The van der Waals surface area contributed by atoms with Crippen molar-refractivity contribution < 1.29 is 17.6 Å². The molecule has 0 aromatic heterocycles. The zero-order chi connectivity index (χ0) is 15.9. The highest BCUT2D eigenvalue weighted by Crippen LogP contribution is 2.39. The first-order valence-electron chi connectivity index (χ1n) is 6.88. The van der Waals surface area contributed by atoms with Crippen LogP contribution in [0.5, 0.6) is 0 Å². The molecule has 2 N–H and O–H groups in total. The van der Waals surface area contributed by atoms with Gasteiger partial charge in [-0.2, -0.15) is 13.2 Å². The van der Waals surface area contributed by atoms with Crippen molar-refractivity contribution in [2.24, 2.45) is 5.73 Å². The molecule has 1 saturated heterocycles. The van der Waals surface area contributed by atoms with Crippen molar-refractivity contribution in [1.29, 1.82) is 0 Å². The topological polar surface area (TPSA) is 29.3 Å². The second-order valence-electron chi connectivity index (χ2n) is 6.49. The number of hydrogen-bond donors (Lipinski definition) is 1. The first kappa shape index (κ1) is 16.2. The molecule has 1 fully saturated rings. The Labute approximate surface area is 121 Å². The molecule has 0 amide bonds. The molecule has 0 aliphatic carbocycles. The first-order valence-corrected chi connectivity index (χ1v) is 6.88. The van der Waals surface area contributed by atoms with E-state index in [4.69, 9.17) is 5.73 Å². The van der Waals surface area contributed by atoms with E-state index in [1.807, 2.05) is 18.7 Å². The number of alkyl halides is 4. The molecule has 0 saturated carbocycles. The fraction of sp³-hybridized carbons (Fsp3) is 0.600. The van der Waals surface area contributed by atoms with E-state index in [9.17, 15) is 17.6 Å². The van der Waals surface area contributed by atoms with Gasteiger partial charge < -0.3 is 5.73 Å². The third-order valence-corrected chi connectivity index (χ3v) is 3.64. The van der Waals surface area contributed by atoms with E-state index in [1.54, 1.807) is 0 Å². The predicted molar refractivity (Wildman–Crippen MR) is 73.6 cm³/mol. The SMILES string of the molecule is CC(C)(N)CN1CCC(F)(c2cccc(C(F)(F)F)c2)C1. The molecular formula is C15H20F4N2. The quantitative estimate of drug-likeness (QED) is 0.868. The Morgan fingerprint density at radius 1 is 1.29 bits per heavy atom. The van der Waals surface area contributed by atoms with Gasteiger partial charge in [0.2, 0.25) is 0 Å². The number of hydrogen-bond acceptors (Lipinski definition) is 2. The fourth-order valence-electron chi connectivity index (χ4n) is 2.77. The Kier molecular flexibility index (Phi) is 4.06. The summed E-state index contributed by atoms with van der Waals surface area (Å²) in [7, 11) is 0. The van der Waals surface area contributed by atoms with Gasteiger partial charge in [-0.15, -0.1) is 0 Å². The van der Waals surface area contributed by atoms with Crippen LogP contribution in [-0.4, -0.2) is 30.1 Å². The Hall–Kier alpha value is -1.14. The van der Waals surface area contributed by atoms with E-state index in [-0.39, 0.29) is 18.5 Å². The largest absolute Gasteiger partial charge is 0.416 e. The minimum atomic E-state index is -4.45. The molecule has 2 rings (SSSR count). The standard InChI is InChI=1S/C15H20F4N2/c1-13(2,20)9-21-7-6-14(16,10-21)11-4-3-5-12(8-11)15(17,18)19/h3-5,8H,6-7,9-10,20H2,1-2H3. The lowest BCUT2D eigenvalue weighted by Gasteiger charge is -2.27. The maximum atomic E-state index is 15.0. The van der Waals surface area contributed by atoms with Crippen LogP contribution in [0.4, 0.5) is 17.6 Å². The minimum Gasteiger partial charge on any atom is -0.324 e. The Morgan fingerprint density at radius 2 is 1.95 bits per heavy atom. The molecule has 1 atom stereocenters. The number of likely N-dealkylation sites (tertiary alicyclic amines) is 1. The Bertz CT molecular complexity index is 507. The van der Waals surface area contributed by atoms with Crippen LogP contribution in [0.3, 0.4) is 0 Å². The summed E-state index contributed by atoms with van der Waals surface area (Å²) in [6, 6.07) is 4.56. The predicted octanol–water partition coefficient (Wildman–Crippen LogP) is 3.31. The number of rotatable bonds is 3. The van der Waals surface area contributed by atoms with Crippen molar-refractivity contribution in [2.45, 2.75) is 37.7 Å². The third-order valence-electron chi connectivity index (χ3n) is 3.64. The van der Waals surface area contributed by atoms with Gasteiger partial charge in [0.15, 0.2) is 0 Å². The van der Waals surface area contributed by atoms with Gasteiger partial charge >= 0.3 is 6.18 Å². The van der Waals surface area contributed by atoms with E-state index in [2.05, 4.69) is 0 Å². The van der Waals surface area contributed by atoms with Crippen LogP contribution in [0, 0.1) is 0 Å². The second kappa shape index (κ2) is 5.25. The second-order valence-corrected chi connectivity index (χ2v) is 6.49. The normalized spacial score (nSPS) is 24.5. The van der Waals surface area contributed by atoms with Crippen LogP contribution in [-0.2, 0) is 11.8 Å². The molecule has 1 heterocycles. The van der Waals surface area contributed by atoms with Crippen LogP contribution in [0.25, 0.3) is 0 Å². The molecule has 1 aliphatic heterocycles. The van der Waals surface area contributed by atoms with Gasteiger partial charge in [-0.05, 0) is 38.0 Å². The first-order chi connectivity index (χ1) is 9.50. The molecule has 1 aromatic rings. The molecule has 0 bridgehead atoms. The number of nitrogens with two attached hydrogens (primary N) is 1. The summed E-state index contributed by atoms with van der Waals surface area (Å²) < 4.78 is 53.2. The van der Waals surface area contributed by atoms with Crippen LogP contribution in [0.1, 0.15) is 31.4 Å². The molecule has 1 aromatic carbocycles. The van der Waals surface area contributed by atoms with Gasteiger partial charge in [-0.25, -0.2) is 4.39 Å². The molecule has 0 radical (unpaired) electrons.